The van der Waals surface area contributed by atoms with Gasteiger partial charge in [-0.15, -0.1) is 0 Å². The second kappa shape index (κ2) is 8.39. The molecule has 0 aromatic carbocycles. The van der Waals surface area contributed by atoms with E-state index in [0.717, 1.165) is 6.42 Å². The van der Waals surface area contributed by atoms with Crippen LogP contribution in [0.2, 0.25) is 0 Å². The third kappa shape index (κ3) is 15.7. The van der Waals surface area contributed by atoms with Crippen LogP contribution < -0.4 is 5.73 Å². The maximum absolute atomic E-state index is 9.57. The first-order valence-corrected chi connectivity index (χ1v) is 3.15. The van der Waals surface area contributed by atoms with Gasteiger partial charge in [-0.3, -0.25) is 4.79 Å². The molecule has 0 aliphatic heterocycles. The van der Waals surface area contributed by atoms with Crippen molar-refractivity contribution in [2.24, 2.45) is 5.73 Å². The van der Waals surface area contributed by atoms with Gasteiger partial charge in [0.2, 0.25) is 0 Å². The van der Waals surface area contributed by atoms with Gasteiger partial charge in [0.25, 0.3) is 0 Å². The van der Waals surface area contributed by atoms with Crippen LogP contribution in [-0.2, 0) is 4.79 Å². The molecule has 62 valence electrons. The molecular formula is C6H15NO3. The van der Waals surface area contributed by atoms with Gasteiger partial charge in [0.05, 0.1) is 0 Å². The van der Waals surface area contributed by atoms with E-state index < -0.39 is 12.0 Å². The fourth-order valence-corrected chi connectivity index (χ4v) is 0. The lowest BCUT2D eigenvalue weighted by molar-refractivity contribution is -0.138. The van der Waals surface area contributed by atoms with E-state index in [4.69, 9.17) is 15.9 Å². The van der Waals surface area contributed by atoms with Crippen LogP contribution in [0, 0.1) is 0 Å². The molecule has 4 nitrogen and oxygen atoms in total. The third-order valence-electron chi connectivity index (χ3n) is 0.613. The molecule has 1 atom stereocenters. The van der Waals surface area contributed by atoms with E-state index in [-0.39, 0.29) is 0 Å². The number of carboxylic acid groups (broad SMARTS) is 1. The zero-order valence-corrected chi connectivity index (χ0v) is 6.37. The molecule has 4 N–H and O–H groups in total. The number of aliphatic hydroxyl groups is 1. The predicted molar refractivity (Wildman–Crippen MR) is 38.7 cm³/mol. The number of rotatable bonds is 2. The molecule has 0 amide bonds. The van der Waals surface area contributed by atoms with Crippen molar-refractivity contribution in [1.29, 1.82) is 0 Å². The van der Waals surface area contributed by atoms with Gasteiger partial charge in [0, 0.05) is 6.61 Å². The third-order valence-corrected chi connectivity index (χ3v) is 0.613. The topological polar surface area (TPSA) is 83.5 Å². The Morgan fingerprint density at radius 3 is 1.90 bits per heavy atom. The van der Waals surface area contributed by atoms with Crippen molar-refractivity contribution in [2.45, 2.75) is 26.3 Å². The van der Waals surface area contributed by atoms with E-state index in [0.29, 0.717) is 6.61 Å². The van der Waals surface area contributed by atoms with Crippen LogP contribution in [0.4, 0.5) is 0 Å². The highest BCUT2D eigenvalue weighted by Crippen LogP contribution is 1.68. The zero-order chi connectivity index (χ0) is 8.57. The second-order valence-corrected chi connectivity index (χ2v) is 1.85. The summed E-state index contributed by atoms with van der Waals surface area (Å²) in [4.78, 5) is 9.57. The number of aliphatic carboxylic acids is 1. The molecule has 0 saturated heterocycles. The molecule has 0 aromatic rings. The molecule has 0 heterocycles. The summed E-state index contributed by atoms with van der Waals surface area (Å²) in [7, 11) is 0. The van der Waals surface area contributed by atoms with E-state index in [2.05, 4.69) is 0 Å². The Bertz CT molecular complexity index is 81.1. The van der Waals surface area contributed by atoms with Crippen LogP contribution in [0.1, 0.15) is 20.3 Å². The van der Waals surface area contributed by atoms with Crippen molar-refractivity contribution in [3.8, 4) is 0 Å². The molecule has 0 unspecified atom stereocenters. The molecule has 4 heteroatoms. The molecule has 0 fully saturated rings. The van der Waals surface area contributed by atoms with E-state index in [1.54, 1.807) is 0 Å². The van der Waals surface area contributed by atoms with Crippen LogP contribution in [0.25, 0.3) is 0 Å². The molecule has 0 spiro atoms. The van der Waals surface area contributed by atoms with E-state index in [1.807, 2.05) is 6.92 Å². The van der Waals surface area contributed by atoms with Crippen molar-refractivity contribution in [2.75, 3.05) is 6.61 Å². The van der Waals surface area contributed by atoms with Crippen molar-refractivity contribution >= 4 is 5.97 Å². The first-order valence-electron chi connectivity index (χ1n) is 3.15. The fraction of sp³-hybridized carbons (Fsp3) is 0.833. The van der Waals surface area contributed by atoms with E-state index in [1.165, 1.54) is 6.92 Å². The van der Waals surface area contributed by atoms with E-state index >= 15 is 0 Å². The van der Waals surface area contributed by atoms with Crippen LogP contribution in [0.3, 0.4) is 0 Å². The first-order chi connectivity index (χ1) is 4.56. The van der Waals surface area contributed by atoms with Crippen LogP contribution in [0.15, 0.2) is 0 Å². The Morgan fingerprint density at radius 2 is 1.90 bits per heavy atom. The van der Waals surface area contributed by atoms with Gasteiger partial charge in [-0.2, -0.15) is 0 Å². The summed E-state index contributed by atoms with van der Waals surface area (Å²) in [5.74, 6) is -0.963. The lowest BCUT2D eigenvalue weighted by Gasteiger charge is -1.90. The lowest BCUT2D eigenvalue weighted by atomic mass is 10.4. The number of carbonyl (C=O) groups is 1. The molecular weight excluding hydrogens is 134 g/mol. The van der Waals surface area contributed by atoms with Gasteiger partial charge in [-0.1, -0.05) is 6.92 Å². The lowest BCUT2D eigenvalue weighted by Crippen LogP contribution is -2.25. The average Bonchev–Trinajstić information content (AvgIpc) is 1.89. The van der Waals surface area contributed by atoms with Gasteiger partial charge in [0.15, 0.2) is 0 Å². The van der Waals surface area contributed by atoms with Crippen molar-refractivity contribution in [3.63, 3.8) is 0 Å². The highest BCUT2D eigenvalue weighted by atomic mass is 16.4. The van der Waals surface area contributed by atoms with Gasteiger partial charge < -0.3 is 15.9 Å². The molecule has 0 rings (SSSR count). The van der Waals surface area contributed by atoms with Gasteiger partial charge in [-0.25, -0.2) is 0 Å². The minimum absolute atomic E-state index is 0.319. The average molecular weight is 149 g/mol. The number of aliphatic hydroxyl groups excluding tert-OH is 1. The quantitative estimate of drug-likeness (QED) is 0.508. The summed E-state index contributed by atoms with van der Waals surface area (Å²) < 4.78 is 0. The Hall–Kier alpha value is -0.610. The van der Waals surface area contributed by atoms with Crippen LogP contribution in [0.5, 0.6) is 0 Å². The normalized spacial score (nSPS) is 11.2. The summed E-state index contributed by atoms with van der Waals surface area (Å²) in [6.07, 6.45) is 0.875. The van der Waals surface area contributed by atoms with Crippen LogP contribution in [-0.4, -0.2) is 28.8 Å². The first kappa shape index (κ1) is 12.1. The second-order valence-electron chi connectivity index (χ2n) is 1.85. The van der Waals surface area contributed by atoms with Crippen molar-refractivity contribution < 1.29 is 15.0 Å². The number of carboxylic acids is 1. The molecule has 0 aromatic heterocycles. The number of nitrogens with two attached hydrogens (primary N) is 1. The van der Waals surface area contributed by atoms with Gasteiger partial charge in [-0.05, 0) is 13.3 Å². The molecule has 0 saturated carbocycles. The molecule has 0 radical (unpaired) electrons. The Morgan fingerprint density at radius 1 is 1.70 bits per heavy atom. The summed E-state index contributed by atoms with van der Waals surface area (Å²) in [6, 6.07) is -0.731. The standard InChI is InChI=1S/C3H7NO2.C3H8O/c1-2(4)3(5)6;1-2-3-4/h2H,4H2,1H3,(H,5,6);4H,2-3H2,1H3/t2-;/m0./s1. The SMILES string of the molecule is CCCO.C[C@H](N)C(=O)O. The van der Waals surface area contributed by atoms with Gasteiger partial charge in [0.1, 0.15) is 6.04 Å². The Kier molecular flexibility index (Phi) is 10.2. The predicted octanol–water partition coefficient (Wildman–Crippen LogP) is -0.193. The zero-order valence-electron chi connectivity index (χ0n) is 6.37. The Labute approximate surface area is 60.7 Å². The monoisotopic (exact) mass is 149 g/mol. The molecule has 0 aliphatic carbocycles. The van der Waals surface area contributed by atoms with Gasteiger partial charge >= 0.3 is 5.97 Å². The van der Waals surface area contributed by atoms with Crippen molar-refractivity contribution in [1.82, 2.24) is 0 Å². The highest BCUT2D eigenvalue weighted by molar-refractivity contribution is 5.72. The Balaban J connectivity index is 0. The highest BCUT2D eigenvalue weighted by Gasteiger charge is 1.99. The minimum Gasteiger partial charge on any atom is -0.480 e. The summed E-state index contributed by atoms with van der Waals surface area (Å²) >= 11 is 0. The van der Waals surface area contributed by atoms with Crippen molar-refractivity contribution in [3.05, 3.63) is 0 Å². The summed E-state index contributed by atoms with van der Waals surface area (Å²) in [6.45, 7) is 3.67. The van der Waals surface area contributed by atoms with Crippen LogP contribution >= 0.6 is 0 Å². The maximum Gasteiger partial charge on any atom is 0.320 e. The number of hydrogen-bond donors (Lipinski definition) is 3. The number of hydrogen-bond acceptors (Lipinski definition) is 3. The molecule has 10 heavy (non-hydrogen) atoms. The smallest absolute Gasteiger partial charge is 0.320 e. The summed E-state index contributed by atoms with van der Waals surface area (Å²) in [5, 5.41) is 15.7. The largest absolute Gasteiger partial charge is 0.480 e. The fourth-order valence-electron chi connectivity index (χ4n) is 0. The minimum atomic E-state index is -0.963. The summed E-state index contributed by atoms with van der Waals surface area (Å²) in [5.41, 5.74) is 4.84. The maximum atomic E-state index is 9.57. The molecule has 0 bridgehead atoms. The van der Waals surface area contributed by atoms with E-state index in [9.17, 15) is 4.79 Å². The molecule has 0 aliphatic rings.